The van der Waals surface area contributed by atoms with E-state index >= 15 is 0 Å². The summed E-state index contributed by atoms with van der Waals surface area (Å²) in [5.74, 6) is 0. The van der Waals surface area contributed by atoms with Crippen LogP contribution in [0.25, 0.3) is 0 Å². The first-order chi connectivity index (χ1) is 12.6. The lowest BCUT2D eigenvalue weighted by Crippen LogP contribution is -3.16. The highest BCUT2D eigenvalue weighted by Crippen LogP contribution is 2.25. The Bertz CT molecular complexity index is 599. The van der Waals surface area contributed by atoms with Crippen molar-refractivity contribution in [2.24, 2.45) is 0 Å². The SMILES string of the molecule is C[C@@H]1C[NH+](C[C@H](O)COC(c2ccccc2)c2ccccc2)C[C@H](C)O1. The molecular formula is C22H30NO3+. The molecule has 2 aromatic carbocycles. The monoisotopic (exact) mass is 356 g/mol. The van der Waals surface area contributed by atoms with Crippen molar-refractivity contribution >= 4 is 0 Å². The molecule has 0 aliphatic carbocycles. The molecule has 1 fully saturated rings. The van der Waals surface area contributed by atoms with Crippen LogP contribution in [-0.2, 0) is 9.47 Å². The molecule has 1 aliphatic rings. The van der Waals surface area contributed by atoms with Crippen LogP contribution in [0.4, 0.5) is 0 Å². The Morgan fingerprint density at radius 3 is 1.96 bits per heavy atom. The Morgan fingerprint density at radius 1 is 0.962 bits per heavy atom. The minimum atomic E-state index is -0.488. The van der Waals surface area contributed by atoms with Gasteiger partial charge in [-0.3, -0.25) is 0 Å². The molecule has 0 aromatic heterocycles. The van der Waals surface area contributed by atoms with Gasteiger partial charge in [-0.25, -0.2) is 0 Å². The third kappa shape index (κ3) is 5.39. The molecule has 0 bridgehead atoms. The molecule has 1 unspecified atom stereocenters. The summed E-state index contributed by atoms with van der Waals surface area (Å²) in [6, 6.07) is 20.4. The quantitative estimate of drug-likeness (QED) is 0.796. The Morgan fingerprint density at radius 2 is 1.46 bits per heavy atom. The minimum Gasteiger partial charge on any atom is -0.385 e. The molecule has 26 heavy (non-hydrogen) atoms. The molecule has 0 amide bonds. The van der Waals surface area contributed by atoms with Crippen LogP contribution < -0.4 is 4.90 Å². The zero-order valence-corrected chi connectivity index (χ0v) is 15.7. The van der Waals surface area contributed by atoms with Crippen LogP contribution in [0.15, 0.2) is 60.7 Å². The molecule has 2 N–H and O–H groups in total. The third-order valence-electron chi connectivity index (χ3n) is 4.80. The van der Waals surface area contributed by atoms with Crippen LogP contribution in [0.3, 0.4) is 0 Å². The molecule has 0 saturated carbocycles. The van der Waals surface area contributed by atoms with Crippen LogP contribution in [0.5, 0.6) is 0 Å². The summed E-state index contributed by atoms with van der Waals surface area (Å²) in [5, 5.41) is 10.5. The maximum Gasteiger partial charge on any atom is 0.126 e. The topological polar surface area (TPSA) is 43.1 Å². The summed E-state index contributed by atoms with van der Waals surface area (Å²) < 4.78 is 12.0. The van der Waals surface area contributed by atoms with Gasteiger partial charge in [-0.15, -0.1) is 0 Å². The van der Waals surface area contributed by atoms with Crippen molar-refractivity contribution in [3.05, 3.63) is 71.8 Å². The third-order valence-corrected chi connectivity index (χ3v) is 4.80. The van der Waals surface area contributed by atoms with Gasteiger partial charge in [0.1, 0.15) is 44.1 Å². The number of hydrogen-bond donors (Lipinski definition) is 2. The molecule has 1 saturated heterocycles. The Hall–Kier alpha value is -1.72. The second-order valence-corrected chi connectivity index (χ2v) is 7.31. The maximum atomic E-state index is 10.5. The molecule has 3 rings (SSSR count). The summed E-state index contributed by atoms with van der Waals surface area (Å²) in [4.78, 5) is 1.38. The lowest BCUT2D eigenvalue weighted by Gasteiger charge is -2.33. The van der Waals surface area contributed by atoms with Gasteiger partial charge in [0.25, 0.3) is 0 Å². The Kier molecular flexibility index (Phi) is 6.80. The fourth-order valence-electron chi connectivity index (χ4n) is 3.80. The number of rotatable bonds is 7. The van der Waals surface area contributed by atoms with E-state index in [1.54, 1.807) is 0 Å². The highest BCUT2D eigenvalue weighted by Gasteiger charge is 2.27. The molecular weight excluding hydrogens is 326 g/mol. The minimum absolute atomic E-state index is 0.162. The van der Waals surface area contributed by atoms with E-state index < -0.39 is 6.10 Å². The first-order valence-electron chi connectivity index (χ1n) is 9.50. The average Bonchev–Trinajstić information content (AvgIpc) is 2.63. The summed E-state index contributed by atoms with van der Waals surface area (Å²) in [7, 11) is 0. The summed E-state index contributed by atoms with van der Waals surface area (Å²) in [6.45, 7) is 7.07. The van der Waals surface area contributed by atoms with Crippen molar-refractivity contribution < 1.29 is 19.5 Å². The van der Waals surface area contributed by atoms with Crippen LogP contribution in [0, 0.1) is 0 Å². The smallest absolute Gasteiger partial charge is 0.126 e. The van der Waals surface area contributed by atoms with Crippen molar-refractivity contribution in [1.29, 1.82) is 0 Å². The predicted molar refractivity (Wildman–Crippen MR) is 102 cm³/mol. The average molecular weight is 356 g/mol. The van der Waals surface area contributed by atoms with Crippen molar-refractivity contribution in [1.82, 2.24) is 0 Å². The van der Waals surface area contributed by atoms with Gasteiger partial charge in [0.2, 0.25) is 0 Å². The summed E-state index contributed by atoms with van der Waals surface area (Å²) in [5.41, 5.74) is 2.21. The van der Waals surface area contributed by atoms with Crippen molar-refractivity contribution in [3.8, 4) is 0 Å². The van der Waals surface area contributed by atoms with Gasteiger partial charge in [-0.1, -0.05) is 60.7 Å². The number of aliphatic hydroxyl groups is 1. The van der Waals surface area contributed by atoms with E-state index in [0.29, 0.717) is 13.2 Å². The van der Waals surface area contributed by atoms with Crippen LogP contribution >= 0.6 is 0 Å². The summed E-state index contributed by atoms with van der Waals surface area (Å²) in [6.07, 6.45) is -0.173. The standard InChI is InChI=1S/C22H29NO3/c1-17-13-23(14-18(2)26-17)15-21(24)16-25-22(19-9-5-3-6-10-19)20-11-7-4-8-12-20/h3-12,17-18,21-22,24H,13-16H2,1-2H3/p+1/t17-,18+,21-/m0/s1. The van der Waals surface area contributed by atoms with Gasteiger partial charge in [-0.2, -0.15) is 0 Å². The predicted octanol–water partition coefficient (Wildman–Crippen LogP) is 1.85. The molecule has 1 heterocycles. The molecule has 1 aliphatic heterocycles. The number of hydrogen-bond acceptors (Lipinski definition) is 3. The Labute approximate surface area is 156 Å². The fourth-order valence-corrected chi connectivity index (χ4v) is 3.80. The normalized spacial score (nSPS) is 24.5. The van der Waals surface area contributed by atoms with Crippen LogP contribution in [-0.4, -0.2) is 49.7 Å². The van der Waals surface area contributed by atoms with Gasteiger partial charge >= 0.3 is 0 Å². The van der Waals surface area contributed by atoms with E-state index in [0.717, 1.165) is 24.2 Å². The maximum absolute atomic E-state index is 10.5. The Balaban J connectivity index is 1.61. The zero-order chi connectivity index (χ0) is 18.4. The van der Waals surface area contributed by atoms with Gasteiger partial charge in [-0.05, 0) is 25.0 Å². The van der Waals surface area contributed by atoms with Crippen LogP contribution in [0.1, 0.15) is 31.1 Å². The van der Waals surface area contributed by atoms with E-state index in [4.69, 9.17) is 9.47 Å². The lowest BCUT2D eigenvalue weighted by atomic mass is 10.0. The van der Waals surface area contributed by atoms with E-state index in [9.17, 15) is 5.11 Å². The lowest BCUT2D eigenvalue weighted by molar-refractivity contribution is -0.918. The van der Waals surface area contributed by atoms with Gasteiger partial charge in [0.15, 0.2) is 0 Å². The fraction of sp³-hybridized carbons (Fsp3) is 0.455. The largest absolute Gasteiger partial charge is 0.385 e. The first kappa shape index (κ1) is 19.1. The summed E-state index contributed by atoms with van der Waals surface area (Å²) >= 11 is 0. The van der Waals surface area contributed by atoms with E-state index in [-0.39, 0.29) is 18.3 Å². The number of benzene rings is 2. The van der Waals surface area contributed by atoms with Gasteiger partial charge in [0.05, 0.1) is 6.61 Å². The first-order valence-corrected chi connectivity index (χ1v) is 9.50. The van der Waals surface area contributed by atoms with Crippen molar-refractivity contribution in [2.75, 3.05) is 26.2 Å². The zero-order valence-electron chi connectivity index (χ0n) is 15.7. The van der Waals surface area contributed by atoms with Crippen molar-refractivity contribution in [3.63, 3.8) is 0 Å². The molecule has 2 aromatic rings. The number of ether oxygens (including phenoxy) is 2. The highest BCUT2D eigenvalue weighted by molar-refractivity contribution is 5.29. The molecule has 4 nitrogen and oxygen atoms in total. The van der Waals surface area contributed by atoms with E-state index in [1.165, 1.54) is 4.90 Å². The van der Waals surface area contributed by atoms with E-state index in [2.05, 4.69) is 38.1 Å². The van der Waals surface area contributed by atoms with Crippen molar-refractivity contribution in [2.45, 2.75) is 38.3 Å². The number of quaternary nitrogens is 1. The molecule has 0 radical (unpaired) electrons. The van der Waals surface area contributed by atoms with Gasteiger partial charge in [0, 0.05) is 0 Å². The molecule has 4 atom stereocenters. The number of aliphatic hydroxyl groups excluding tert-OH is 1. The number of morpholine rings is 1. The molecule has 140 valence electrons. The molecule has 4 heteroatoms. The van der Waals surface area contributed by atoms with E-state index in [1.807, 2.05) is 36.4 Å². The van der Waals surface area contributed by atoms with Crippen LogP contribution in [0.2, 0.25) is 0 Å². The second kappa shape index (κ2) is 9.28. The highest BCUT2D eigenvalue weighted by atomic mass is 16.5. The number of nitrogens with one attached hydrogen (secondary N) is 1. The van der Waals surface area contributed by atoms with Gasteiger partial charge < -0.3 is 19.5 Å². The second-order valence-electron chi connectivity index (χ2n) is 7.31. The molecule has 0 spiro atoms.